The first-order chi connectivity index (χ1) is 15.4. The third-order valence-electron chi connectivity index (χ3n) is 5.61. The molecule has 31 heavy (non-hydrogen) atoms. The molecule has 0 saturated heterocycles. The summed E-state index contributed by atoms with van der Waals surface area (Å²) in [6, 6.07) is 44.6. The molecule has 0 fully saturated rings. The molecule has 1 heterocycles. The lowest BCUT2D eigenvalue weighted by atomic mass is 9.35. The first-order valence-corrected chi connectivity index (χ1v) is 10.6. The Balaban J connectivity index is 1.73. The fraction of sp³-hybridized carbons (Fsp3) is 0. The molecular weight excluding hydrogens is 373 g/mol. The fourth-order valence-corrected chi connectivity index (χ4v) is 4.13. The van der Waals surface area contributed by atoms with Crippen LogP contribution >= 0.6 is 0 Å². The second kappa shape index (κ2) is 8.85. The van der Waals surface area contributed by atoms with Crippen molar-refractivity contribution in [2.45, 2.75) is 0 Å². The van der Waals surface area contributed by atoms with Gasteiger partial charge in [0.25, 0.3) is 0 Å². The molecule has 0 N–H and O–H groups in total. The maximum absolute atomic E-state index is 4.93. The first-order valence-electron chi connectivity index (χ1n) is 10.6. The van der Waals surface area contributed by atoms with Crippen LogP contribution < -0.4 is 10.9 Å². The summed E-state index contributed by atoms with van der Waals surface area (Å²) < 4.78 is 0. The number of fused-ring (bicyclic) bond motifs is 1. The highest BCUT2D eigenvalue weighted by Crippen LogP contribution is 2.22. The average Bonchev–Trinajstić information content (AvgIpc) is 2.85. The zero-order valence-corrected chi connectivity index (χ0v) is 17.2. The van der Waals surface area contributed by atoms with E-state index in [4.69, 9.17) is 4.98 Å². The summed E-state index contributed by atoms with van der Waals surface area (Å²) in [6.45, 7) is 0.109. The summed E-state index contributed by atoms with van der Waals surface area (Å²) in [5, 5.41) is 1.16. The molecule has 146 valence electrons. The maximum Gasteiger partial charge on any atom is 0.242 e. The second-order valence-corrected chi connectivity index (χ2v) is 7.65. The van der Waals surface area contributed by atoms with Crippen molar-refractivity contribution in [3.8, 4) is 0 Å². The van der Waals surface area contributed by atoms with Crippen molar-refractivity contribution >= 4 is 40.1 Å². The molecule has 0 radical (unpaired) electrons. The Morgan fingerprint density at radius 3 is 1.74 bits per heavy atom. The zero-order valence-electron chi connectivity index (χ0n) is 17.2. The predicted molar refractivity (Wildman–Crippen MR) is 134 cm³/mol. The summed E-state index contributed by atoms with van der Waals surface area (Å²) in [6.07, 6.45) is 2.24. The van der Waals surface area contributed by atoms with Gasteiger partial charge >= 0.3 is 0 Å². The van der Waals surface area contributed by atoms with Crippen molar-refractivity contribution in [2.75, 3.05) is 0 Å². The standard InChI is InChI=1S/C29H22BN/c1-4-12-23(13-5-1)28(22-27-21-20-24-14-10-11-19-29(24)31-27)30(25-15-6-2-7-16-25)26-17-8-3-9-18-26/h1-22H. The zero-order chi connectivity index (χ0) is 20.9. The average molecular weight is 395 g/mol. The molecule has 0 spiro atoms. The largest absolute Gasteiger partial charge is 0.248 e. The van der Waals surface area contributed by atoms with E-state index in [1.807, 2.05) is 6.07 Å². The third kappa shape index (κ3) is 4.20. The Hall–Kier alpha value is -3.91. The van der Waals surface area contributed by atoms with Gasteiger partial charge in [-0.15, -0.1) is 0 Å². The minimum Gasteiger partial charge on any atom is -0.248 e. The van der Waals surface area contributed by atoms with Gasteiger partial charge in [-0.25, -0.2) is 4.98 Å². The maximum atomic E-state index is 4.93. The highest BCUT2D eigenvalue weighted by Gasteiger charge is 2.25. The molecule has 1 aromatic heterocycles. The van der Waals surface area contributed by atoms with Crippen LogP contribution in [0.4, 0.5) is 0 Å². The van der Waals surface area contributed by atoms with Gasteiger partial charge in [0, 0.05) is 5.39 Å². The normalized spacial score (nSPS) is 11.4. The Labute approximate surface area is 183 Å². The van der Waals surface area contributed by atoms with E-state index in [1.165, 1.54) is 22.0 Å². The van der Waals surface area contributed by atoms with Gasteiger partial charge in [-0.2, -0.15) is 0 Å². The van der Waals surface area contributed by atoms with Gasteiger partial charge in [0.15, 0.2) is 0 Å². The lowest BCUT2D eigenvalue weighted by Crippen LogP contribution is -2.43. The van der Waals surface area contributed by atoms with Gasteiger partial charge in [-0.3, -0.25) is 0 Å². The van der Waals surface area contributed by atoms with Gasteiger partial charge in [-0.1, -0.05) is 132 Å². The molecule has 1 nitrogen and oxygen atoms in total. The number of rotatable bonds is 5. The Morgan fingerprint density at radius 2 is 1.10 bits per heavy atom. The van der Waals surface area contributed by atoms with Crippen LogP contribution in [0.15, 0.2) is 127 Å². The minimum atomic E-state index is 0.109. The molecule has 2 heteroatoms. The number of hydrogen-bond acceptors (Lipinski definition) is 1. The molecular formula is C29H22BN. The van der Waals surface area contributed by atoms with Crippen LogP contribution in [0.25, 0.3) is 22.5 Å². The van der Waals surface area contributed by atoms with E-state index in [0.717, 1.165) is 16.6 Å². The molecule has 5 aromatic rings. The lowest BCUT2D eigenvalue weighted by molar-refractivity contribution is 1.37. The molecule has 0 atom stereocenters. The number of pyridine rings is 1. The lowest BCUT2D eigenvalue weighted by Gasteiger charge is -2.19. The number of nitrogens with zero attached hydrogens (tertiary/aromatic N) is 1. The number of para-hydroxylation sites is 1. The van der Waals surface area contributed by atoms with Crippen LogP contribution in [0, 0.1) is 0 Å². The van der Waals surface area contributed by atoms with E-state index in [-0.39, 0.29) is 6.71 Å². The summed E-state index contributed by atoms with van der Waals surface area (Å²) in [5.41, 5.74) is 6.96. The molecule has 0 aliphatic rings. The molecule has 5 rings (SSSR count). The molecule has 0 amide bonds. The van der Waals surface area contributed by atoms with E-state index < -0.39 is 0 Å². The number of aromatic nitrogens is 1. The SMILES string of the molecule is C(=C(B(c1ccccc1)c1ccccc1)c1ccccc1)c1ccc2ccccc2n1. The highest BCUT2D eigenvalue weighted by molar-refractivity contribution is 7.00. The van der Waals surface area contributed by atoms with Crippen molar-refractivity contribution < 1.29 is 0 Å². The van der Waals surface area contributed by atoms with Gasteiger partial charge in [-0.05, 0) is 23.8 Å². The van der Waals surface area contributed by atoms with Gasteiger partial charge < -0.3 is 0 Å². The van der Waals surface area contributed by atoms with Crippen LogP contribution in [-0.2, 0) is 0 Å². The van der Waals surface area contributed by atoms with Gasteiger partial charge in [0.05, 0.1) is 11.2 Å². The molecule has 0 unspecified atom stereocenters. The Bertz CT molecular complexity index is 1270. The predicted octanol–water partition coefficient (Wildman–Crippen LogP) is 5.62. The Morgan fingerprint density at radius 1 is 0.548 bits per heavy atom. The number of benzene rings is 4. The molecule has 0 bridgehead atoms. The van der Waals surface area contributed by atoms with Crippen LogP contribution in [0.5, 0.6) is 0 Å². The van der Waals surface area contributed by atoms with Crippen molar-refractivity contribution in [3.63, 3.8) is 0 Å². The Kier molecular flexibility index (Phi) is 5.45. The third-order valence-corrected chi connectivity index (χ3v) is 5.61. The summed E-state index contributed by atoms with van der Waals surface area (Å²) in [4.78, 5) is 4.93. The molecule has 0 aliphatic carbocycles. The van der Waals surface area contributed by atoms with Crippen molar-refractivity contribution in [2.24, 2.45) is 0 Å². The van der Waals surface area contributed by atoms with Crippen LogP contribution in [-0.4, -0.2) is 11.7 Å². The van der Waals surface area contributed by atoms with Crippen LogP contribution in [0.2, 0.25) is 0 Å². The van der Waals surface area contributed by atoms with Crippen molar-refractivity contribution in [3.05, 3.63) is 139 Å². The van der Waals surface area contributed by atoms with Crippen LogP contribution in [0.3, 0.4) is 0 Å². The number of hydrogen-bond donors (Lipinski definition) is 0. The van der Waals surface area contributed by atoms with Crippen molar-refractivity contribution in [1.82, 2.24) is 4.98 Å². The van der Waals surface area contributed by atoms with Crippen LogP contribution in [0.1, 0.15) is 11.3 Å². The van der Waals surface area contributed by atoms with Gasteiger partial charge in [0.1, 0.15) is 0 Å². The first kappa shape index (κ1) is 19.1. The van der Waals surface area contributed by atoms with E-state index >= 15 is 0 Å². The van der Waals surface area contributed by atoms with E-state index in [9.17, 15) is 0 Å². The second-order valence-electron chi connectivity index (χ2n) is 7.65. The summed E-state index contributed by atoms with van der Waals surface area (Å²) in [7, 11) is 0. The minimum absolute atomic E-state index is 0.109. The summed E-state index contributed by atoms with van der Waals surface area (Å²) >= 11 is 0. The molecule has 0 aliphatic heterocycles. The fourth-order valence-electron chi connectivity index (χ4n) is 4.13. The topological polar surface area (TPSA) is 12.9 Å². The highest BCUT2D eigenvalue weighted by atomic mass is 14.7. The van der Waals surface area contributed by atoms with E-state index in [1.54, 1.807) is 0 Å². The molecule has 0 saturated carbocycles. The van der Waals surface area contributed by atoms with E-state index in [0.29, 0.717) is 0 Å². The smallest absolute Gasteiger partial charge is 0.242 e. The quantitative estimate of drug-likeness (QED) is 0.352. The van der Waals surface area contributed by atoms with E-state index in [2.05, 4.69) is 127 Å². The van der Waals surface area contributed by atoms with Gasteiger partial charge in [0.2, 0.25) is 6.71 Å². The molecule has 4 aromatic carbocycles. The summed E-state index contributed by atoms with van der Waals surface area (Å²) in [5.74, 6) is 0. The van der Waals surface area contributed by atoms with Crippen molar-refractivity contribution in [1.29, 1.82) is 0 Å². The monoisotopic (exact) mass is 395 g/mol.